The molecular formula is C33H26ClN3O7S2. The topological polar surface area (TPSA) is 132 Å². The maximum absolute atomic E-state index is 14.1. The fourth-order valence-corrected chi connectivity index (χ4v) is 11.3. The van der Waals surface area contributed by atoms with Crippen molar-refractivity contribution >= 4 is 57.9 Å². The molecule has 46 heavy (non-hydrogen) atoms. The van der Waals surface area contributed by atoms with Crippen molar-refractivity contribution in [2.75, 3.05) is 12.0 Å². The molecule has 3 aromatic carbocycles. The number of aromatic amines is 1. The van der Waals surface area contributed by atoms with E-state index in [1.807, 2.05) is 12.1 Å². The quantitative estimate of drug-likeness (QED) is 0.138. The molecule has 1 N–H and O–H groups in total. The third-order valence-corrected chi connectivity index (χ3v) is 12.7. The Labute approximate surface area is 275 Å². The number of amides is 2. The number of halogens is 1. The van der Waals surface area contributed by atoms with E-state index in [4.69, 9.17) is 21.1 Å². The number of hydrogen-bond acceptors (Lipinski definition) is 9. The molecule has 4 aromatic rings. The van der Waals surface area contributed by atoms with Gasteiger partial charge < -0.3 is 14.5 Å². The predicted octanol–water partition coefficient (Wildman–Crippen LogP) is 6.26. The zero-order chi connectivity index (χ0) is 31.9. The zero-order valence-electron chi connectivity index (χ0n) is 24.3. The smallest absolute Gasteiger partial charge is 0.305 e. The first kappa shape index (κ1) is 29.3. The monoisotopic (exact) mass is 675 g/mol. The van der Waals surface area contributed by atoms with Crippen molar-refractivity contribution in [3.05, 3.63) is 108 Å². The van der Waals surface area contributed by atoms with Crippen LogP contribution in [0.5, 0.6) is 11.5 Å². The van der Waals surface area contributed by atoms with Gasteiger partial charge in [0.1, 0.15) is 18.1 Å². The van der Waals surface area contributed by atoms with E-state index in [1.165, 1.54) is 17.0 Å². The summed E-state index contributed by atoms with van der Waals surface area (Å²) in [5.74, 6) is -1.19. The van der Waals surface area contributed by atoms with Crippen molar-refractivity contribution in [1.29, 1.82) is 0 Å². The van der Waals surface area contributed by atoms with Gasteiger partial charge in [0.2, 0.25) is 11.8 Å². The Balaban J connectivity index is 1.21. The second-order valence-corrected chi connectivity index (χ2v) is 14.7. The highest BCUT2D eigenvalue weighted by atomic mass is 35.5. The molecule has 3 heterocycles. The van der Waals surface area contributed by atoms with Gasteiger partial charge in [0.15, 0.2) is 0 Å². The highest BCUT2D eigenvalue weighted by Gasteiger charge is 2.70. The average Bonchev–Trinajstić information content (AvgIpc) is 3.79. The van der Waals surface area contributed by atoms with Crippen molar-refractivity contribution in [3.63, 3.8) is 0 Å². The van der Waals surface area contributed by atoms with Crippen LogP contribution in [-0.4, -0.2) is 34.1 Å². The average molecular weight is 676 g/mol. The van der Waals surface area contributed by atoms with E-state index in [0.717, 1.165) is 21.8 Å². The third-order valence-electron chi connectivity index (χ3n) is 9.88. The van der Waals surface area contributed by atoms with E-state index < -0.39 is 22.7 Å². The molecule has 2 aliphatic carbocycles. The molecule has 7 atom stereocenters. The van der Waals surface area contributed by atoms with Gasteiger partial charge in [-0.25, -0.2) is 0 Å². The molecule has 4 aliphatic rings. The Morgan fingerprint density at radius 1 is 1.02 bits per heavy atom. The highest BCUT2D eigenvalue weighted by Crippen LogP contribution is 2.69. The molecule has 2 bridgehead atoms. The molecule has 3 fully saturated rings. The van der Waals surface area contributed by atoms with Gasteiger partial charge in [-0.05, 0) is 72.2 Å². The van der Waals surface area contributed by atoms with Crippen LogP contribution in [0, 0.1) is 39.7 Å². The molecule has 234 valence electrons. The summed E-state index contributed by atoms with van der Waals surface area (Å²) in [5.41, 5.74) is 1.84. The number of hydrogen-bond donors (Lipinski definition) is 1. The number of thiazole rings is 1. The van der Waals surface area contributed by atoms with Crippen LogP contribution >= 0.6 is 34.7 Å². The summed E-state index contributed by atoms with van der Waals surface area (Å²) in [7, 11) is 1.56. The molecule has 1 aromatic heterocycles. The number of rotatable bonds is 7. The van der Waals surface area contributed by atoms with Crippen molar-refractivity contribution < 1.29 is 24.0 Å². The van der Waals surface area contributed by atoms with Crippen molar-refractivity contribution in [3.8, 4) is 11.5 Å². The van der Waals surface area contributed by atoms with Gasteiger partial charge in [-0.1, -0.05) is 35.1 Å². The van der Waals surface area contributed by atoms with Crippen LogP contribution in [0.4, 0.5) is 11.4 Å². The van der Waals surface area contributed by atoms with Crippen LogP contribution in [0.3, 0.4) is 0 Å². The molecule has 1 saturated heterocycles. The Morgan fingerprint density at radius 2 is 1.78 bits per heavy atom. The summed E-state index contributed by atoms with van der Waals surface area (Å²) in [6.45, 7) is 0.178. The molecule has 13 heteroatoms. The number of benzene rings is 3. The Hall–Kier alpha value is -4.13. The standard InChI is InChI=1S/C33H26ClN3O7S2/c1-43-19-8-5-17(6-9-19)36-31(38)26-21-13-22(27(26)32(36)39)28-25(21)24(29-30(45-28)35-33(40)46-29)20-12-18(37(41)42)7-10-23(20)44-14-15-3-2-4-16(34)11-15/h2-12,21-22,24-28H,13-14H2,1H3,(H,35,40)/t21-,22-,24+,25+,26+,27+,28-/m1/s1. The second kappa shape index (κ2) is 11.0. The van der Waals surface area contributed by atoms with E-state index in [0.29, 0.717) is 39.2 Å². The molecule has 2 amide bonds. The largest absolute Gasteiger partial charge is 0.497 e. The lowest BCUT2D eigenvalue weighted by Crippen LogP contribution is -2.42. The number of carbonyl (C=O) groups is 2. The lowest BCUT2D eigenvalue weighted by molar-refractivity contribution is -0.385. The van der Waals surface area contributed by atoms with Crippen LogP contribution in [-0.2, 0) is 16.2 Å². The number of methoxy groups -OCH3 is 1. The van der Waals surface area contributed by atoms with Crippen LogP contribution < -0.4 is 19.2 Å². The highest BCUT2D eigenvalue weighted by molar-refractivity contribution is 8.00. The summed E-state index contributed by atoms with van der Waals surface area (Å²) in [6.07, 6.45) is 0.689. The predicted molar refractivity (Wildman–Crippen MR) is 173 cm³/mol. The molecule has 8 rings (SSSR count). The van der Waals surface area contributed by atoms with E-state index >= 15 is 0 Å². The molecule has 2 saturated carbocycles. The zero-order valence-corrected chi connectivity index (χ0v) is 26.6. The third kappa shape index (κ3) is 4.49. The van der Waals surface area contributed by atoms with E-state index in [9.17, 15) is 24.5 Å². The van der Waals surface area contributed by atoms with Gasteiger partial charge in [-0.15, -0.1) is 11.8 Å². The molecule has 0 unspecified atom stereocenters. The molecule has 0 radical (unpaired) electrons. The van der Waals surface area contributed by atoms with E-state index in [2.05, 4.69) is 4.98 Å². The van der Waals surface area contributed by atoms with Gasteiger partial charge in [-0.3, -0.25) is 29.4 Å². The van der Waals surface area contributed by atoms with Gasteiger partial charge in [-0.2, -0.15) is 0 Å². The fourth-order valence-electron chi connectivity index (χ4n) is 8.16. The normalized spacial score (nSPS) is 27.3. The van der Waals surface area contributed by atoms with Gasteiger partial charge in [0.05, 0.1) is 34.6 Å². The van der Waals surface area contributed by atoms with Gasteiger partial charge in [0.25, 0.3) is 5.69 Å². The van der Waals surface area contributed by atoms with Crippen LogP contribution in [0.2, 0.25) is 5.02 Å². The summed E-state index contributed by atoms with van der Waals surface area (Å²) < 4.78 is 11.6. The maximum Gasteiger partial charge on any atom is 0.305 e. The first-order chi connectivity index (χ1) is 22.2. The van der Waals surface area contributed by atoms with Crippen molar-refractivity contribution in [1.82, 2.24) is 4.98 Å². The maximum atomic E-state index is 14.1. The lowest BCUT2D eigenvalue weighted by Gasteiger charge is -2.43. The Morgan fingerprint density at radius 3 is 2.50 bits per heavy atom. The number of fused-ring (bicyclic) bond motifs is 9. The number of nitrogens with one attached hydrogen (secondary N) is 1. The number of carbonyl (C=O) groups excluding carboxylic acids is 2. The summed E-state index contributed by atoms with van der Waals surface area (Å²) in [5, 5.41) is 13.2. The molecule has 0 spiro atoms. The summed E-state index contributed by atoms with van der Waals surface area (Å²) >= 11 is 8.84. The van der Waals surface area contributed by atoms with E-state index in [1.54, 1.807) is 61.3 Å². The van der Waals surface area contributed by atoms with Crippen LogP contribution in [0.1, 0.15) is 28.3 Å². The lowest BCUT2D eigenvalue weighted by atomic mass is 9.68. The second-order valence-electron chi connectivity index (χ2n) is 12.1. The molecular weight excluding hydrogens is 650 g/mol. The number of H-pyrrole nitrogens is 1. The number of non-ortho nitro benzene ring substituents is 1. The van der Waals surface area contributed by atoms with Gasteiger partial charge >= 0.3 is 4.87 Å². The van der Waals surface area contributed by atoms with Crippen molar-refractivity contribution in [2.24, 2.45) is 29.6 Å². The SMILES string of the molecule is COc1ccc(N2C(=O)[C@H]3[C@H]4C[C@@H]([C@@H]3C2=O)[C@H]2[C@H](c3cc([N+](=O)[O-])ccc3OCc3cccc(Cl)c3)c3sc(=O)[nH]c3S[C@H]42)cc1. The number of anilines is 1. The first-order valence-electron chi connectivity index (χ1n) is 14.8. The Bertz CT molecular complexity index is 1980. The minimum absolute atomic E-state index is 0.0818. The van der Waals surface area contributed by atoms with Crippen LogP contribution in [0.15, 0.2) is 76.6 Å². The summed E-state index contributed by atoms with van der Waals surface area (Å²) in [6, 6.07) is 18.7. The number of nitro benzene ring substituents is 1. The number of imide groups is 1. The molecule has 2 aliphatic heterocycles. The minimum atomic E-state index is -0.518. The minimum Gasteiger partial charge on any atom is -0.497 e. The van der Waals surface area contributed by atoms with Crippen LogP contribution in [0.25, 0.3) is 0 Å². The number of nitro groups is 1. The number of ether oxygens (including phenoxy) is 2. The fraction of sp³-hybridized carbons (Fsp3) is 0.303. The summed E-state index contributed by atoms with van der Waals surface area (Å²) in [4.78, 5) is 57.2. The number of nitrogens with zero attached hydrogens (tertiary/aromatic N) is 2. The Kier molecular flexibility index (Phi) is 7.00. The van der Waals surface area contributed by atoms with Gasteiger partial charge in [0, 0.05) is 38.8 Å². The van der Waals surface area contributed by atoms with Crippen molar-refractivity contribution in [2.45, 2.75) is 29.2 Å². The molecule has 10 nitrogen and oxygen atoms in total. The number of thioether (sulfide) groups is 1. The number of aromatic nitrogens is 1. The van der Waals surface area contributed by atoms with E-state index in [-0.39, 0.29) is 52.0 Å². The first-order valence-corrected chi connectivity index (χ1v) is 16.9.